The Labute approximate surface area is 231 Å². The van der Waals surface area contributed by atoms with Gasteiger partial charge in [-0.2, -0.15) is 0 Å². The average Bonchev–Trinajstić information content (AvgIpc) is 2.87. The molecule has 0 atom stereocenters. The molecule has 8 heteroatoms. The molecular weight excluding hydrogens is 512 g/mol. The fraction of sp³-hybridized carbons (Fsp3) is 0.250. The molecule has 0 amide bonds. The zero-order valence-electron chi connectivity index (χ0n) is 22.5. The van der Waals surface area contributed by atoms with Crippen LogP contribution < -0.4 is 0 Å². The van der Waals surface area contributed by atoms with Crippen molar-refractivity contribution in [2.75, 3.05) is 0 Å². The van der Waals surface area contributed by atoms with E-state index in [0.29, 0.717) is 44.5 Å². The Bertz CT molecular complexity index is 1310. The van der Waals surface area contributed by atoms with E-state index in [1.807, 2.05) is 0 Å². The first-order chi connectivity index (χ1) is 18.8. The standard InChI is InChI=1S/C32H32O8/c1-13-17-5-19(27(35)9-25(17)33)14(2)21-7-23(31(39)11-29(21)37)16(4)24-8-22(30(38)12-32(24)40)15(3)20-6-18(13)26(34)10-28(20)36/h5-16,33-40H,1-4H3/t13-,14+,15-,16+. The molecule has 1 aliphatic rings. The number of fused-ring (bicyclic) bond motifs is 8. The third kappa shape index (κ3) is 4.16. The van der Waals surface area contributed by atoms with Gasteiger partial charge in [-0.15, -0.1) is 0 Å². The minimum atomic E-state index is -0.598. The topological polar surface area (TPSA) is 162 Å². The molecule has 4 aromatic rings. The second-order valence-electron chi connectivity index (χ2n) is 10.8. The Morgan fingerprint density at radius 3 is 0.525 bits per heavy atom. The molecule has 0 unspecified atom stereocenters. The molecule has 0 saturated carbocycles. The van der Waals surface area contributed by atoms with Crippen molar-refractivity contribution in [2.24, 2.45) is 0 Å². The van der Waals surface area contributed by atoms with Gasteiger partial charge in [0.25, 0.3) is 0 Å². The lowest BCUT2D eigenvalue weighted by molar-refractivity contribution is 0.429. The first-order valence-corrected chi connectivity index (χ1v) is 13.0. The zero-order chi connectivity index (χ0) is 29.2. The van der Waals surface area contributed by atoms with Gasteiger partial charge in [0.05, 0.1) is 0 Å². The summed E-state index contributed by atoms with van der Waals surface area (Å²) in [6, 6.07) is 11.3. The summed E-state index contributed by atoms with van der Waals surface area (Å²) in [6.07, 6.45) is 0. The number of hydrogen-bond acceptors (Lipinski definition) is 8. The Balaban J connectivity index is 1.88. The lowest BCUT2D eigenvalue weighted by Gasteiger charge is -2.25. The normalized spacial score (nSPS) is 20.3. The number of phenolic OH excluding ortho intramolecular Hbond substituents is 8. The third-order valence-corrected chi connectivity index (χ3v) is 8.44. The Hall–Kier alpha value is -4.72. The number of hydrogen-bond donors (Lipinski definition) is 8. The van der Waals surface area contributed by atoms with Crippen LogP contribution in [0.4, 0.5) is 0 Å². The van der Waals surface area contributed by atoms with Crippen molar-refractivity contribution in [3.05, 3.63) is 93.0 Å². The number of rotatable bonds is 0. The van der Waals surface area contributed by atoms with Crippen molar-refractivity contribution in [2.45, 2.75) is 51.4 Å². The van der Waals surface area contributed by atoms with Crippen LogP contribution >= 0.6 is 0 Å². The minimum Gasteiger partial charge on any atom is -0.508 e. The molecule has 8 bridgehead atoms. The fourth-order valence-electron chi connectivity index (χ4n) is 5.89. The predicted octanol–water partition coefficient (Wildman–Crippen LogP) is 6.25. The van der Waals surface area contributed by atoms with Gasteiger partial charge in [-0.1, -0.05) is 27.7 Å². The van der Waals surface area contributed by atoms with Crippen LogP contribution in [0.25, 0.3) is 0 Å². The third-order valence-electron chi connectivity index (χ3n) is 8.44. The second-order valence-corrected chi connectivity index (χ2v) is 10.8. The highest BCUT2D eigenvalue weighted by molar-refractivity contribution is 5.61. The second kappa shape index (κ2) is 9.48. The first-order valence-electron chi connectivity index (χ1n) is 13.0. The highest BCUT2D eigenvalue weighted by atomic mass is 16.3. The van der Waals surface area contributed by atoms with Crippen LogP contribution in [0, 0.1) is 0 Å². The smallest absolute Gasteiger partial charge is 0.123 e. The molecule has 8 nitrogen and oxygen atoms in total. The van der Waals surface area contributed by atoms with Gasteiger partial charge in [0.15, 0.2) is 0 Å². The molecule has 0 radical (unpaired) electrons. The molecule has 0 spiro atoms. The van der Waals surface area contributed by atoms with E-state index in [1.54, 1.807) is 52.0 Å². The predicted molar refractivity (Wildman–Crippen MR) is 149 cm³/mol. The van der Waals surface area contributed by atoms with Crippen molar-refractivity contribution in [1.82, 2.24) is 0 Å². The quantitative estimate of drug-likeness (QED) is 0.129. The highest BCUT2D eigenvalue weighted by Crippen LogP contribution is 2.49. The van der Waals surface area contributed by atoms with Crippen LogP contribution in [0.1, 0.15) is 95.9 Å². The highest BCUT2D eigenvalue weighted by Gasteiger charge is 2.29. The van der Waals surface area contributed by atoms with Crippen LogP contribution in [-0.2, 0) is 0 Å². The fourth-order valence-corrected chi connectivity index (χ4v) is 5.89. The maximum Gasteiger partial charge on any atom is 0.123 e. The van der Waals surface area contributed by atoms with Crippen LogP contribution in [0.15, 0.2) is 48.5 Å². The Morgan fingerprint density at radius 1 is 0.275 bits per heavy atom. The summed E-state index contributed by atoms with van der Waals surface area (Å²) in [7, 11) is 0. The van der Waals surface area contributed by atoms with Gasteiger partial charge in [0.2, 0.25) is 0 Å². The van der Waals surface area contributed by atoms with Gasteiger partial charge >= 0.3 is 0 Å². The number of aromatic hydroxyl groups is 8. The lowest BCUT2D eigenvalue weighted by atomic mass is 9.81. The van der Waals surface area contributed by atoms with E-state index in [0.717, 1.165) is 0 Å². The van der Waals surface area contributed by atoms with Crippen molar-refractivity contribution in [3.8, 4) is 46.0 Å². The van der Waals surface area contributed by atoms with Gasteiger partial charge in [-0.05, 0) is 24.3 Å². The van der Waals surface area contributed by atoms with Crippen LogP contribution in [0.5, 0.6) is 46.0 Å². The monoisotopic (exact) mass is 544 g/mol. The van der Waals surface area contributed by atoms with Crippen LogP contribution in [0.2, 0.25) is 0 Å². The maximum atomic E-state index is 10.8. The van der Waals surface area contributed by atoms with Crippen LogP contribution in [0.3, 0.4) is 0 Å². The molecule has 4 aromatic carbocycles. The molecule has 0 fully saturated rings. The maximum absolute atomic E-state index is 10.8. The van der Waals surface area contributed by atoms with E-state index in [9.17, 15) is 40.9 Å². The molecule has 5 rings (SSSR count). The van der Waals surface area contributed by atoms with Crippen molar-refractivity contribution < 1.29 is 40.9 Å². The Kier molecular flexibility index (Phi) is 6.37. The molecule has 1 aliphatic carbocycles. The van der Waals surface area contributed by atoms with Gasteiger partial charge in [0.1, 0.15) is 46.0 Å². The minimum absolute atomic E-state index is 0.200. The molecule has 0 aliphatic heterocycles. The molecule has 0 heterocycles. The van der Waals surface area contributed by atoms with E-state index < -0.39 is 23.7 Å². The zero-order valence-corrected chi connectivity index (χ0v) is 22.5. The molecule has 0 aromatic heterocycles. The average molecular weight is 545 g/mol. The van der Waals surface area contributed by atoms with Crippen molar-refractivity contribution in [1.29, 1.82) is 0 Å². The van der Waals surface area contributed by atoms with E-state index >= 15 is 0 Å². The summed E-state index contributed by atoms with van der Waals surface area (Å²) in [5, 5.41) is 86.5. The van der Waals surface area contributed by atoms with Gasteiger partial charge in [0, 0.05) is 92.4 Å². The molecular formula is C32H32O8. The van der Waals surface area contributed by atoms with E-state index in [-0.39, 0.29) is 46.0 Å². The summed E-state index contributed by atoms with van der Waals surface area (Å²) in [6.45, 7) is 7.05. The summed E-state index contributed by atoms with van der Waals surface area (Å²) < 4.78 is 0. The SMILES string of the molecule is C[C@H]1c2cc(c(O)cc2O)[C@@H](C)c2cc(c(O)cc2O)[C@@H](C)c2cc(c(O)cc2O)[C@@H](C)c2cc1c(O)cc2O. The molecule has 8 N–H and O–H groups in total. The van der Waals surface area contributed by atoms with Gasteiger partial charge in [-0.3, -0.25) is 0 Å². The van der Waals surface area contributed by atoms with Crippen molar-refractivity contribution in [3.63, 3.8) is 0 Å². The molecule has 208 valence electrons. The number of phenols is 8. The Morgan fingerprint density at radius 2 is 0.400 bits per heavy atom. The summed E-state index contributed by atoms with van der Waals surface area (Å²) >= 11 is 0. The van der Waals surface area contributed by atoms with E-state index in [2.05, 4.69) is 0 Å². The van der Waals surface area contributed by atoms with Crippen molar-refractivity contribution >= 4 is 0 Å². The van der Waals surface area contributed by atoms with E-state index in [4.69, 9.17) is 0 Å². The molecule has 40 heavy (non-hydrogen) atoms. The van der Waals surface area contributed by atoms with Gasteiger partial charge in [-0.25, -0.2) is 0 Å². The first kappa shape index (κ1) is 26.9. The lowest BCUT2D eigenvalue weighted by Crippen LogP contribution is -2.07. The molecule has 0 saturated heterocycles. The largest absolute Gasteiger partial charge is 0.508 e. The summed E-state index contributed by atoms with van der Waals surface area (Å²) in [5.74, 6) is -3.99. The van der Waals surface area contributed by atoms with Gasteiger partial charge < -0.3 is 40.9 Å². The number of benzene rings is 4. The van der Waals surface area contributed by atoms with Crippen LogP contribution in [-0.4, -0.2) is 40.9 Å². The summed E-state index contributed by atoms with van der Waals surface area (Å²) in [5.41, 5.74) is 3.17. The summed E-state index contributed by atoms with van der Waals surface area (Å²) in [4.78, 5) is 0. The van der Waals surface area contributed by atoms with E-state index in [1.165, 1.54) is 24.3 Å².